The minimum absolute atomic E-state index is 0.255. The van der Waals surface area contributed by atoms with E-state index in [1.54, 1.807) is 12.1 Å². The number of carbonyl (C=O) groups is 1. The van der Waals surface area contributed by atoms with Crippen molar-refractivity contribution in [1.29, 1.82) is 0 Å². The van der Waals surface area contributed by atoms with Gasteiger partial charge in [0.05, 0.1) is 6.61 Å². The molecule has 144 valence electrons. The van der Waals surface area contributed by atoms with Crippen LogP contribution in [0.2, 0.25) is 0 Å². The largest absolute Gasteiger partial charge is 0.494 e. The second-order valence-corrected chi connectivity index (χ2v) is 6.94. The average molecular weight is 385 g/mol. The fraction of sp³-hybridized carbons (Fsp3) is 0.364. The third kappa shape index (κ3) is 6.36. The molecule has 0 spiro atoms. The molecule has 1 atom stereocenters. The van der Waals surface area contributed by atoms with E-state index in [0.29, 0.717) is 23.8 Å². The van der Waals surface area contributed by atoms with Crippen LogP contribution >= 0.6 is 12.2 Å². The van der Waals surface area contributed by atoms with E-state index >= 15 is 0 Å². The maximum absolute atomic E-state index is 12.5. The fourth-order valence-corrected chi connectivity index (χ4v) is 2.85. The zero-order valence-corrected chi connectivity index (χ0v) is 17.1. The highest BCUT2D eigenvalue weighted by atomic mass is 32.1. The van der Waals surface area contributed by atoms with Crippen LogP contribution in [-0.2, 0) is 0 Å². The van der Waals surface area contributed by atoms with E-state index < -0.39 is 0 Å². The van der Waals surface area contributed by atoms with Crippen molar-refractivity contribution >= 4 is 28.9 Å². The topological polar surface area (TPSA) is 50.4 Å². The number of thiocarbonyl (C=S) groups is 1. The van der Waals surface area contributed by atoms with Crippen molar-refractivity contribution in [3.05, 3.63) is 59.7 Å². The van der Waals surface area contributed by atoms with Gasteiger partial charge < -0.3 is 10.1 Å². The normalized spacial score (nSPS) is 11.5. The van der Waals surface area contributed by atoms with Crippen LogP contribution < -0.4 is 15.4 Å². The molecule has 0 aromatic heterocycles. The van der Waals surface area contributed by atoms with E-state index in [-0.39, 0.29) is 11.0 Å². The molecular weight excluding hydrogens is 356 g/mol. The molecule has 0 radical (unpaired) electrons. The van der Waals surface area contributed by atoms with Crippen LogP contribution in [0.25, 0.3) is 0 Å². The summed E-state index contributed by atoms with van der Waals surface area (Å²) in [5, 5.41) is 6.19. The minimum atomic E-state index is -0.255. The molecule has 0 unspecified atom stereocenters. The van der Waals surface area contributed by atoms with Crippen LogP contribution in [0.5, 0.6) is 5.75 Å². The Kier molecular flexibility index (Phi) is 8.27. The first-order chi connectivity index (χ1) is 13.0. The Morgan fingerprint density at radius 3 is 2.67 bits per heavy atom. The molecule has 5 heteroatoms. The Bertz CT molecular complexity index is 776. The number of hydrogen-bond donors (Lipinski definition) is 2. The molecule has 0 aliphatic carbocycles. The van der Waals surface area contributed by atoms with Gasteiger partial charge in [-0.2, -0.15) is 0 Å². The summed E-state index contributed by atoms with van der Waals surface area (Å²) in [5.74, 6) is 0.843. The van der Waals surface area contributed by atoms with E-state index in [1.807, 2.05) is 30.3 Å². The van der Waals surface area contributed by atoms with E-state index in [1.165, 1.54) is 5.56 Å². The summed E-state index contributed by atoms with van der Waals surface area (Å²) in [6.45, 7) is 7.08. The van der Waals surface area contributed by atoms with Gasteiger partial charge in [-0.25, -0.2) is 0 Å². The third-order valence-electron chi connectivity index (χ3n) is 4.44. The molecule has 0 heterocycles. The van der Waals surface area contributed by atoms with Gasteiger partial charge in [0.25, 0.3) is 5.91 Å². The highest BCUT2D eigenvalue weighted by Gasteiger charge is 2.12. The maximum Gasteiger partial charge on any atom is 0.257 e. The van der Waals surface area contributed by atoms with Crippen molar-refractivity contribution in [1.82, 2.24) is 5.32 Å². The van der Waals surface area contributed by atoms with Gasteiger partial charge >= 0.3 is 0 Å². The van der Waals surface area contributed by atoms with Gasteiger partial charge in [-0.05, 0) is 60.8 Å². The second-order valence-electron chi connectivity index (χ2n) is 6.53. The first-order valence-electron chi connectivity index (χ1n) is 9.49. The van der Waals surface area contributed by atoms with Crippen LogP contribution in [0.15, 0.2) is 48.5 Å². The molecule has 0 saturated heterocycles. The van der Waals surface area contributed by atoms with Crippen LogP contribution in [0, 0.1) is 0 Å². The van der Waals surface area contributed by atoms with Crippen molar-refractivity contribution in [3.8, 4) is 5.75 Å². The lowest BCUT2D eigenvalue weighted by atomic mass is 9.97. The first kappa shape index (κ1) is 20.9. The molecule has 27 heavy (non-hydrogen) atoms. The number of nitrogens with one attached hydrogen (secondary N) is 2. The number of benzene rings is 2. The zero-order valence-electron chi connectivity index (χ0n) is 16.2. The molecule has 0 bridgehead atoms. The molecule has 0 aliphatic rings. The Morgan fingerprint density at radius 1 is 1.15 bits per heavy atom. The average Bonchev–Trinajstić information content (AvgIpc) is 2.68. The summed E-state index contributed by atoms with van der Waals surface area (Å²) in [5.41, 5.74) is 2.63. The molecule has 2 aromatic rings. The van der Waals surface area contributed by atoms with Crippen LogP contribution in [0.3, 0.4) is 0 Å². The molecule has 2 N–H and O–H groups in total. The van der Waals surface area contributed by atoms with Gasteiger partial charge in [-0.3, -0.25) is 10.1 Å². The van der Waals surface area contributed by atoms with Gasteiger partial charge in [0.15, 0.2) is 5.11 Å². The van der Waals surface area contributed by atoms with E-state index in [4.69, 9.17) is 17.0 Å². The van der Waals surface area contributed by atoms with Crippen molar-refractivity contribution in [2.75, 3.05) is 11.9 Å². The lowest BCUT2D eigenvalue weighted by Gasteiger charge is -2.17. The number of ether oxygens (including phenoxy) is 1. The molecule has 1 amide bonds. The van der Waals surface area contributed by atoms with Crippen molar-refractivity contribution in [2.45, 2.75) is 46.0 Å². The van der Waals surface area contributed by atoms with Crippen LogP contribution in [0.4, 0.5) is 5.69 Å². The predicted molar refractivity (Wildman–Crippen MR) is 116 cm³/mol. The fourth-order valence-electron chi connectivity index (χ4n) is 2.65. The van der Waals surface area contributed by atoms with Gasteiger partial charge in [0.2, 0.25) is 0 Å². The Balaban J connectivity index is 2.00. The number of amides is 1. The van der Waals surface area contributed by atoms with Gasteiger partial charge in [-0.1, -0.05) is 51.5 Å². The standard InChI is InChI=1S/C22H28N2O2S/c1-4-6-14-26-18-11-9-10-17(15-18)21(25)24-22(27)23-20-13-8-7-12-19(20)16(3)5-2/h7-13,15-16H,4-6,14H2,1-3H3,(H2,23,24,25,27)/t16-/m0/s1. The Morgan fingerprint density at radius 2 is 1.93 bits per heavy atom. The van der Waals surface area contributed by atoms with Crippen LogP contribution in [0.1, 0.15) is 61.9 Å². The SMILES string of the molecule is CCCCOc1cccc(C(=O)NC(=S)Nc2ccccc2[C@@H](C)CC)c1. The third-order valence-corrected chi connectivity index (χ3v) is 4.65. The Hall–Kier alpha value is -2.40. The highest BCUT2D eigenvalue weighted by molar-refractivity contribution is 7.80. The maximum atomic E-state index is 12.5. The summed E-state index contributed by atoms with van der Waals surface area (Å²) in [6, 6.07) is 15.2. The number of rotatable bonds is 8. The smallest absolute Gasteiger partial charge is 0.257 e. The highest BCUT2D eigenvalue weighted by Crippen LogP contribution is 2.26. The number of unbranched alkanes of at least 4 members (excludes halogenated alkanes) is 1. The number of hydrogen-bond acceptors (Lipinski definition) is 3. The van der Waals surface area contributed by atoms with Crippen molar-refractivity contribution in [3.63, 3.8) is 0 Å². The number of anilines is 1. The molecular formula is C22H28N2O2S. The Labute approximate surface area is 167 Å². The van der Waals surface area contributed by atoms with Gasteiger partial charge in [0.1, 0.15) is 5.75 Å². The number of carbonyl (C=O) groups excluding carboxylic acids is 1. The monoisotopic (exact) mass is 384 g/mol. The van der Waals surface area contributed by atoms with Crippen molar-refractivity contribution < 1.29 is 9.53 Å². The molecule has 0 fully saturated rings. The van der Waals surface area contributed by atoms with E-state index in [2.05, 4.69) is 37.5 Å². The predicted octanol–water partition coefficient (Wildman–Crippen LogP) is 5.51. The summed E-state index contributed by atoms with van der Waals surface area (Å²) < 4.78 is 5.66. The minimum Gasteiger partial charge on any atom is -0.494 e. The number of para-hydroxylation sites is 1. The van der Waals surface area contributed by atoms with Gasteiger partial charge in [0, 0.05) is 11.3 Å². The molecule has 0 saturated carbocycles. The molecule has 2 rings (SSSR count). The molecule has 2 aromatic carbocycles. The summed E-state index contributed by atoms with van der Waals surface area (Å²) in [7, 11) is 0. The molecule has 0 aliphatic heterocycles. The lowest BCUT2D eigenvalue weighted by Crippen LogP contribution is -2.34. The van der Waals surface area contributed by atoms with E-state index in [9.17, 15) is 4.79 Å². The summed E-state index contributed by atoms with van der Waals surface area (Å²) in [4.78, 5) is 12.5. The zero-order chi connectivity index (χ0) is 19.6. The summed E-state index contributed by atoms with van der Waals surface area (Å²) in [6.07, 6.45) is 3.08. The second kappa shape index (κ2) is 10.7. The summed E-state index contributed by atoms with van der Waals surface area (Å²) >= 11 is 5.34. The van der Waals surface area contributed by atoms with Crippen molar-refractivity contribution in [2.24, 2.45) is 0 Å². The quantitative estimate of drug-likeness (QED) is 0.466. The first-order valence-corrected chi connectivity index (χ1v) is 9.90. The van der Waals surface area contributed by atoms with Gasteiger partial charge in [-0.15, -0.1) is 0 Å². The van der Waals surface area contributed by atoms with Crippen LogP contribution in [-0.4, -0.2) is 17.6 Å². The van der Waals surface area contributed by atoms with E-state index in [0.717, 1.165) is 24.9 Å². The lowest BCUT2D eigenvalue weighted by molar-refractivity contribution is 0.0977. The molecule has 4 nitrogen and oxygen atoms in total.